The maximum absolute atomic E-state index is 5.84. The quantitative estimate of drug-likeness (QED) is 0.484. The number of nitrogens with one attached hydrogen (secondary N) is 1. The number of hydrogen-bond donors (Lipinski definition) is 1. The van der Waals surface area contributed by atoms with Gasteiger partial charge in [-0.25, -0.2) is 0 Å². The van der Waals surface area contributed by atoms with Crippen molar-refractivity contribution in [3.8, 4) is 5.75 Å². The molecule has 0 saturated carbocycles. The van der Waals surface area contributed by atoms with E-state index in [1.165, 1.54) is 36.8 Å². The van der Waals surface area contributed by atoms with Crippen molar-refractivity contribution in [2.75, 3.05) is 13.2 Å². The fourth-order valence-corrected chi connectivity index (χ4v) is 2.94. The number of rotatable bonds is 12. The van der Waals surface area contributed by atoms with E-state index in [4.69, 9.17) is 4.74 Å². The molecule has 0 aliphatic rings. The van der Waals surface area contributed by atoms with Gasteiger partial charge in [0.05, 0.1) is 6.61 Å². The van der Waals surface area contributed by atoms with E-state index in [0.717, 1.165) is 31.7 Å². The van der Waals surface area contributed by atoms with Gasteiger partial charge in [-0.2, -0.15) is 0 Å². The molecule has 2 nitrogen and oxygen atoms in total. The molecule has 0 bridgehead atoms. The summed E-state index contributed by atoms with van der Waals surface area (Å²) in [6, 6.07) is 19.5. The summed E-state index contributed by atoms with van der Waals surface area (Å²) >= 11 is 0. The summed E-state index contributed by atoms with van der Waals surface area (Å²) in [5, 5.41) is 3.60. The van der Waals surface area contributed by atoms with Gasteiger partial charge in [0.15, 0.2) is 0 Å². The van der Waals surface area contributed by atoms with Crippen molar-refractivity contribution >= 4 is 0 Å². The smallest absolute Gasteiger partial charge is 0.119 e. The average molecular weight is 340 g/mol. The van der Waals surface area contributed by atoms with Gasteiger partial charge in [0.2, 0.25) is 0 Å². The van der Waals surface area contributed by atoms with E-state index in [0.29, 0.717) is 6.04 Å². The molecular weight excluding hydrogens is 306 g/mol. The lowest BCUT2D eigenvalue weighted by atomic mass is 10.1. The molecule has 25 heavy (non-hydrogen) atoms. The Balaban J connectivity index is 1.66. The van der Waals surface area contributed by atoms with Crippen LogP contribution >= 0.6 is 0 Å². The minimum absolute atomic E-state index is 0.354. The van der Waals surface area contributed by atoms with Gasteiger partial charge < -0.3 is 10.1 Å². The molecule has 0 aromatic heterocycles. The summed E-state index contributed by atoms with van der Waals surface area (Å²) in [6.45, 7) is 6.28. The molecule has 2 heteroatoms. The molecule has 0 heterocycles. The van der Waals surface area contributed by atoms with Crippen molar-refractivity contribution in [3.05, 3.63) is 65.7 Å². The molecule has 1 N–H and O–H groups in total. The van der Waals surface area contributed by atoms with E-state index in [1.807, 2.05) is 0 Å². The topological polar surface area (TPSA) is 21.3 Å². The standard InChI is InChI=1S/C23H33NO/c1-3-4-5-6-10-19-25-23-15-13-22(14-16-23)20(2)24-18-17-21-11-8-7-9-12-21/h7-9,11-16,20,24H,3-6,10,17-19H2,1-2H3. The summed E-state index contributed by atoms with van der Waals surface area (Å²) < 4.78 is 5.84. The number of ether oxygens (including phenoxy) is 1. The van der Waals surface area contributed by atoms with E-state index in [-0.39, 0.29) is 0 Å². The van der Waals surface area contributed by atoms with Crippen molar-refractivity contribution < 1.29 is 4.74 Å². The van der Waals surface area contributed by atoms with Gasteiger partial charge in [0, 0.05) is 6.04 Å². The molecule has 0 fully saturated rings. The molecule has 0 aliphatic carbocycles. The first-order valence-electron chi connectivity index (χ1n) is 9.79. The maximum Gasteiger partial charge on any atom is 0.119 e. The molecule has 2 aromatic rings. The van der Waals surface area contributed by atoms with Gasteiger partial charge in [-0.05, 0) is 49.6 Å². The maximum atomic E-state index is 5.84. The van der Waals surface area contributed by atoms with Gasteiger partial charge in [0.25, 0.3) is 0 Å². The Hall–Kier alpha value is -1.80. The summed E-state index contributed by atoms with van der Waals surface area (Å²) in [5.41, 5.74) is 2.69. The molecule has 0 aliphatic heterocycles. The molecule has 1 atom stereocenters. The van der Waals surface area contributed by atoms with Crippen LogP contribution in [0.3, 0.4) is 0 Å². The molecule has 136 valence electrons. The van der Waals surface area contributed by atoms with E-state index in [9.17, 15) is 0 Å². The Labute approximate surface area is 153 Å². The van der Waals surface area contributed by atoms with E-state index in [1.54, 1.807) is 0 Å². The molecule has 1 unspecified atom stereocenters. The SMILES string of the molecule is CCCCCCCOc1ccc(C(C)NCCc2ccccc2)cc1. The van der Waals surface area contributed by atoms with Crippen LogP contribution in [0.5, 0.6) is 5.75 Å². The zero-order valence-corrected chi connectivity index (χ0v) is 15.8. The first-order chi connectivity index (χ1) is 12.3. The lowest BCUT2D eigenvalue weighted by Gasteiger charge is -2.15. The highest BCUT2D eigenvalue weighted by atomic mass is 16.5. The predicted octanol–water partition coefficient (Wildman–Crippen LogP) is 5.93. The van der Waals surface area contributed by atoms with Crippen molar-refractivity contribution in [1.82, 2.24) is 5.32 Å². The first kappa shape index (κ1) is 19.5. The highest BCUT2D eigenvalue weighted by Gasteiger charge is 2.05. The van der Waals surface area contributed by atoms with E-state index < -0.39 is 0 Å². The normalized spacial score (nSPS) is 12.1. The van der Waals surface area contributed by atoms with Crippen LogP contribution in [-0.4, -0.2) is 13.2 Å². The molecule has 0 saturated heterocycles. The third-order valence-corrected chi connectivity index (χ3v) is 4.60. The zero-order valence-electron chi connectivity index (χ0n) is 15.8. The van der Waals surface area contributed by atoms with E-state index >= 15 is 0 Å². The number of benzene rings is 2. The second-order valence-corrected chi connectivity index (χ2v) is 6.74. The van der Waals surface area contributed by atoms with Gasteiger partial charge in [-0.15, -0.1) is 0 Å². The molecular formula is C23H33NO. The summed E-state index contributed by atoms with van der Waals surface area (Å²) in [4.78, 5) is 0. The van der Waals surface area contributed by atoms with Crippen LogP contribution in [0.25, 0.3) is 0 Å². The van der Waals surface area contributed by atoms with Gasteiger partial charge in [0.1, 0.15) is 5.75 Å². The highest BCUT2D eigenvalue weighted by molar-refractivity contribution is 5.29. The molecule has 2 rings (SSSR count). The Morgan fingerprint density at radius 3 is 2.32 bits per heavy atom. The third kappa shape index (κ3) is 7.74. The molecule has 0 amide bonds. The summed E-state index contributed by atoms with van der Waals surface area (Å²) in [5.74, 6) is 0.982. The predicted molar refractivity (Wildman–Crippen MR) is 107 cm³/mol. The second-order valence-electron chi connectivity index (χ2n) is 6.74. The first-order valence-corrected chi connectivity index (χ1v) is 9.79. The Morgan fingerprint density at radius 1 is 0.880 bits per heavy atom. The van der Waals surface area contributed by atoms with Crippen LogP contribution in [0.1, 0.15) is 63.1 Å². The lowest BCUT2D eigenvalue weighted by molar-refractivity contribution is 0.304. The van der Waals surface area contributed by atoms with Crippen molar-refractivity contribution in [2.45, 2.75) is 58.4 Å². The van der Waals surface area contributed by atoms with Crippen LogP contribution in [0.4, 0.5) is 0 Å². The molecule has 0 radical (unpaired) electrons. The van der Waals surface area contributed by atoms with Crippen LogP contribution in [-0.2, 0) is 6.42 Å². The van der Waals surface area contributed by atoms with Gasteiger partial charge in [-0.3, -0.25) is 0 Å². The zero-order chi connectivity index (χ0) is 17.7. The average Bonchev–Trinajstić information content (AvgIpc) is 2.66. The highest BCUT2D eigenvalue weighted by Crippen LogP contribution is 2.18. The lowest BCUT2D eigenvalue weighted by Crippen LogP contribution is -2.21. The van der Waals surface area contributed by atoms with Crippen molar-refractivity contribution in [3.63, 3.8) is 0 Å². The Morgan fingerprint density at radius 2 is 1.60 bits per heavy atom. The van der Waals surface area contributed by atoms with Gasteiger partial charge >= 0.3 is 0 Å². The third-order valence-electron chi connectivity index (χ3n) is 4.60. The van der Waals surface area contributed by atoms with Crippen LogP contribution in [0.15, 0.2) is 54.6 Å². The fourth-order valence-electron chi connectivity index (χ4n) is 2.94. The largest absolute Gasteiger partial charge is 0.494 e. The minimum atomic E-state index is 0.354. The van der Waals surface area contributed by atoms with Crippen molar-refractivity contribution in [1.29, 1.82) is 0 Å². The Kier molecular flexibility index (Phi) is 9.14. The van der Waals surface area contributed by atoms with Crippen molar-refractivity contribution in [2.24, 2.45) is 0 Å². The fraction of sp³-hybridized carbons (Fsp3) is 0.478. The minimum Gasteiger partial charge on any atom is -0.494 e. The Bertz CT molecular complexity index is 564. The van der Waals surface area contributed by atoms with Crippen LogP contribution in [0.2, 0.25) is 0 Å². The monoisotopic (exact) mass is 339 g/mol. The van der Waals surface area contributed by atoms with Crippen LogP contribution < -0.4 is 10.1 Å². The second kappa shape index (κ2) is 11.7. The van der Waals surface area contributed by atoms with Gasteiger partial charge in [-0.1, -0.05) is 75.1 Å². The summed E-state index contributed by atoms with van der Waals surface area (Å²) in [7, 11) is 0. The number of hydrogen-bond acceptors (Lipinski definition) is 2. The molecule has 2 aromatic carbocycles. The van der Waals surface area contributed by atoms with Crippen LogP contribution in [0, 0.1) is 0 Å². The number of unbranched alkanes of at least 4 members (excludes halogenated alkanes) is 4. The van der Waals surface area contributed by atoms with E-state index in [2.05, 4.69) is 73.8 Å². The summed E-state index contributed by atoms with van der Waals surface area (Å²) in [6.07, 6.45) is 7.44. The molecule has 0 spiro atoms.